The highest BCUT2D eigenvalue weighted by Gasteiger charge is 2.10. The molecule has 0 bridgehead atoms. The van der Waals surface area contributed by atoms with Gasteiger partial charge in [0.1, 0.15) is 0 Å². The molecule has 6 nitrogen and oxygen atoms in total. The summed E-state index contributed by atoms with van der Waals surface area (Å²) in [7, 11) is 0. The third-order valence-electron chi connectivity index (χ3n) is 1.60. The molecule has 0 saturated heterocycles. The van der Waals surface area contributed by atoms with Gasteiger partial charge in [0.05, 0.1) is 12.6 Å². The monoisotopic (exact) mass is 184 g/mol. The number of carbonyl (C=O) groups excluding carboxylic acids is 1. The van der Waals surface area contributed by atoms with Crippen molar-refractivity contribution in [3.8, 4) is 0 Å². The lowest BCUT2D eigenvalue weighted by atomic mass is 10.2. The number of nitrogens with two attached hydrogens (primary N) is 1. The normalized spacial score (nSPS) is 12.5. The largest absolute Gasteiger partial charge is 0.347 e. The number of aromatic nitrogens is 2. The van der Waals surface area contributed by atoms with Crippen LogP contribution in [0, 0.1) is 0 Å². The summed E-state index contributed by atoms with van der Waals surface area (Å²) in [6.45, 7) is 2.10. The Labute approximate surface area is 75.5 Å². The van der Waals surface area contributed by atoms with Crippen LogP contribution < -0.4 is 11.1 Å². The molecule has 0 aliphatic heterocycles. The molecule has 1 atom stereocenters. The van der Waals surface area contributed by atoms with Crippen LogP contribution in [-0.2, 0) is 11.3 Å². The first-order valence-corrected chi connectivity index (χ1v) is 4.02. The van der Waals surface area contributed by atoms with Crippen molar-refractivity contribution in [3.63, 3.8) is 0 Å². The number of nitrogens with zero attached hydrogens (tertiary/aromatic N) is 2. The summed E-state index contributed by atoms with van der Waals surface area (Å²) in [6.07, 6.45) is 1.82. The van der Waals surface area contributed by atoms with Gasteiger partial charge in [0.2, 0.25) is 12.3 Å². The van der Waals surface area contributed by atoms with Gasteiger partial charge < -0.3 is 15.6 Å². The van der Waals surface area contributed by atoms with Gasteiger partial charge in [-0.15, -0.1) is 0 Å². The molecule has 0 unspecified atom stereocenters. The van der Waals surface area contributed by atoms with Crippen LogP contribution in [0.1, 0.15) is 19.2 Å². The minimum atomic E-state index is -0.466. The van der Waals surface area contributed by atoms with Gasteiger partial charge in [-0.05, 0) is 6.42 Å². The fourth-order valence-electron chi connectivity index (χ4n) is 0.753. The van der Waals surface area contributed by atoms with E-state index in [4.69, 9.17) is 5.73 Å². The molecule has 0 aliphatic carbocycles. The Bertz CT molecular complexity index is 259. The van der Waals surface area contributed by atoms with Gasteiger partial charge in [-0.3, -0.25) is 4.79 Å². The number of hydrogen-bond donors (Lipinski definition) is 2. The molecular formula is C7H12N4O2. The molecule has 72 valence electrons. The van der Waals surface area contributed by atoms with Crippen LogP contribution in [-0.4, -0.2) is 22.1 Å². The van der Waals surface area contributed by atoms with E-state index in [9.17, 15) is 4.79 Å². The van der Waals surface area contributed by atoms with Gasteiger partial charge in [-0.25, -0.2) is 0 Å². The van der Waals surface area contributed by atoms with E-state index in [1.165, 1.54) is 6.39 Å². The number of carbonyl (C=O) groups is 1. The smallest absolute Gasteiger partial charge is 0.237 e. The van der Waals surface area contributed by atoms with Crippen molar-refractivity contribution in [2.75, 3.05) is 0 Å². The van der Waals surface area contributed by atoms with Gasteiger partial charge in [0, 0.05) is 0 Å². The number of hydrogen-bond acceptors (Lipinski definition) is 5. The minimum Gasteiger partial charge on any atom is -0.347 e. The molecule has 1 aromatic rings. The SMILES string of the molecule is CC[C@@H](N)C(=O)NCc1ncon1. The maximum atomic E-state index is 11.1. The topological polar surface area (TPSA) is 94.0 Å². The van der Waals surface area contributed by atoms with E-state index >= 15 is 0 Å². The molecular weight excluding hydrogens is 172 g/mol. The molecule has 0 fully saturated rings. The van der Waals surface area contributed by atoms with Crippen LogP contribution in [0.5, 0.6) is 0 Å². The van der Waals surface area contributed by atoms with Crippen molar-refractivity contribution in [1.82, 2.24) is 15.5 Å². The lowest BCUT2D eigenvalue weighted by Gasteiger charge is -2.07. The maximum Gasteiger partial charge on any atom is 0.237 e. The zero-order chi connectivity index (χ0) is 9.68. The summed E-state index contributed by atoms with van der Waals surface area (Å²) < 4.78 is 4.49. The van der Waals surface area contributed by atoms with Gasteiger partial charge in [-0.1, -0.05) is 12.1 Å². The highest BCUT2D eigenvalue weighted by atomic mass is 16.5. The quantitative estimate of drug-likeness (QED) is 0.653. The molecule has 0 spiro atoms. The Kier molecular flexibility index (Phi) is 3.39. The van der Waals surface area contributed by atoms with Crippen LogP contribution in [0.2, 0.25) is 0 Å². The molecule has 0 radical (unpaired) electrons. The highest BCUT2D eigenvalue weighted by Crippen LogP contribution is 1.89. The van der Waals surface area contributed by atoms with Crippen molar-refractivity contribution < 1.29 is 9.32 Å². The second kappa shape index (κ2) is 4.56. The van der Waals surface area contributed by atoms with Crippen molar-refractivity contribution in [2.24, 2.45) is 5.73 Å². The fourth-order valence-corrected chi connectivity index (χ4v) is 0.753. The molecule has 3 N–H and O–H groups in total. The van der Waals surface area contributed by atoms with Crippen LogP contribution in [0.25, 0.3) is 0 Å². The number of amides is 1. The molecule has 13 heavy (non-hydrogen) atoms. The maximum absolute atomic E-state index is 11.1. The zero-order valence-corrected chi connectivity index (χ0v) is 7.36. The van der Waals surface area contributed by atoms with Crippen LogP contribution in [0.3, 0.4) is 0 Å². The predicted octanol–water partition coefficient (Wildman–Crippen LogP) is -0.577. The second-order valence-electron chi connectivity index (χ2n) is 2.58. The predicted molar refractivity (Wildman–Crippen MR) is 44.4 cm³/mol. The van der Waals surface area contributed by atoms with Gasteiger partial charge >= 0.3 is 0 Å². The molecule has 6 heteroatoms. The molecule has 0 aromatic carbocycles. The fraction of sp³-hybridized carbons (Fsp3) is 0.571. The summed E-state index contributed by atoms with van der Waals surface area (Å²) in [5.74, 6) is 0.240. The summed E-state index contributed by atoms with van der Waals surface area (Å²) in [5.41, 5.74) is 5.48. The first-order valence-electron chi connectivity index (χ1n) is 4.02. The summed E-state index contributed by atoms with van der Waals surface area (Å²) in [6, 6.07) is -0.466. The Hall–Kier alpha value is -1.43. The van der Waals surface area contributed by atoms with Gasteiger partial charge in [-0.2, -0.15) is 4.98 Å². The van der Waals surface area contributed by atoms with Crippen molar-refractivity contribution in [2.45, 2.75) is 25.9 Å². The third-order valence-corrected chi connectivity index (χ3v) is 1.60. The standard InChI is InChI=1S/C7H12N4O2/c1-2-5(8)7(12)9-3-6-10-4-13-11-6/h4-5H,2-3,8H2,1H3,(H,9,12)/t5-/m1/s1. The summed E-state index contributed by atoms with van der Waals surface area (Å²) in [5, 5.41) is 6.12. The van der Waals surface area contributed by atoms with Gasteiger partial charge in [0.25, 0.3) is 0 Å². The molecule has 1 amide bonds. The average Bonchev–Trinajstić information content (AvgIpc) is 2.65. The molecule has 0 aliphatic rings. The average molecular weight is 184 g/mol. The Balaban J connectivity index is 2.31. The number of nitrogens with one attached hydrogen (secondary N) is 1. The Morgan fingerprint density at radius 3 is 3.15 bits per heavy atom. The summed E-state index contributed by atoms with van der Waals surface area (Å²) >= 11 is 0. The van der Waals surface area contributed by atoms with Crippen LogP contribution >= 0.6 is 0 Å². The highest BCUT2D eigenvalue weighted by molar-refractivity contribution is 5.81. The van der Waals surface area contributed by atoms with E-state index in [0.29, 0.717) is 12.2 Å². The van der Waals surface area contributed by atoms with Crippen molar-refractivity contribution in [1.29, 1.82) is 0 Å². The first kappa shape index (κ1) is 9.66. The lowest BCUT2D eigenvalue weighted by Crippen LogP contribution is -2.39. The van der Waals surface area contributed by atoms with Crippen molar-refractivity contribution in [3.05, 3.63) is 12.2 Å². The zero-order valence-electron chi connectivity index (χ0n) is 7.36. The van der Waals surface area contributed by atoms with E-state index in [-0.39, 0.29) is 12.5 Å². The van der Waals surface area contributed by atoms with E-state index in [0.717, 1.165) is 0 Å². The van der Waals surface area contributed by atoms with Crippen molar-refractivity contribution >= 4 is 5.91 Å². The van der Waals surface area contributed by atoms with E-state index in [1.807, 2.05) is 6.92 Å². The number of rotatable bonds is 4. The Morgan fingerprint density at radius 1 is 1.85 bits per heavy atom. The molecule has 1 heterocycles. The molecule has 1 aromatic heterocycles. The lowest BCUT2D eigenvalue weighted by molar-refractivity contribution is -0.122. The van der Waals surface area contributed by atoms with Gasteiger partial charge in [0.15, 0.2) is 5.82 Å². The van der Waals surface area contributed by atoms with E-state index in [1.54, 1.807) is 0 Å². The second-order valence-corrected chi connectivity index (χ2v) is 2.58. The molecule has 0 saturated carbocycles. The van der Waals surface area contributed by atoms with E-state index in [2.05, 4.69) is 20.0 Å². The van der Waals surface area contributed by atoms with Crippen LogP contribution in [0.15, 0.2) is 10.9 Å². The molecule has 1 rings (SSSR count). The van der Waals surface area contributed by atoms with Crippen LogP contribution in [0.4, 0.5) is 0 Å². The minimum absolute atomic E-state index is 0.202. The van der Waals surface area contributed by atoms with E-state index < -0.39 is 6.04 Å². The first-order chi connectivity index (χ1) is 6.24. The Morgan fingerprint density at radius 2 is 2.62 bits per heavy atom. The summed E-state index contributed by atoms with van der Waals surface area (Å²) in [4.78, 5) is 14.9. The third kappa shape index (κ3) is 2.83.